The predicted octanol–water partition coefficient (Wildman–Crippen LogP) is 1.20. The smallest absolute Gasteiger partial charge is 0.319 e. The molecular formula is C11H12FN3O2. The molecule has 90 valence electrons. The minimum atomic E-state index is -0.626. The molecule has 0 unspecified atom stereocenters. The lowest BCUT2D eigenvalue weighted by Crippen LogP contribution is -2.29. The molecular weight excluding hydrogens is 225 g/mol. The molecule has 0 aromatic heterocycles. The molecule has 0 saturated carbocycles. The number of urea groups is 1. The maximum atomic E-state index is 13.0. The molecule has 0 spiro atoms. The minimum absolute atomic E-state index is 0.00455. The molecule has 0 saturated heterocycles. The highest BCUT2D eigenvalue weighted by Gasteiger charge is 2.05. The van der Waals surface area contributed by atoms with Gasteiger partial charge in [0.25, 0.3) is 0 Å². The monoisotopic (exact) mass is 237 g/mol. The number of anilines is 1. The Morgan fingerprint density at radius 2 is 2.29 bits per heavy atom. The van der Waals surface area contributed by atoms with E-state index in [4.69, 9.17) is 10.4 Å². The van der Waals surface area contributed by atoms with Gasteiger partial charge >= 0.3 is 6.03 Å². The van der Waals surface area contributed by atoms with Gasteiger partial charge in [0.15, 0.2) is 0 Å². The molecule has 0 radical (unpaired) electrons. The van der Waals surface area contributed by atoms with E-state index in [1.807, 2.05) is 0 Å². The number of hydrogen-bond acceptors (Lipinski definition) is 3. The van der Waals surface area contributed by atoms with E-state index >= 15 is 0 Å². The molecule has 0 heterocycles. The molecule has 1 aromatic carbocycles. The number of nitrogens with zero attached hydrogens (tertiary/aromatic N) is 1. The van der Waals surface area contributed by atoms with Crippen molar-refractivity contribution in [1.29, 1.82) is 5.26 Å². The van der Waals surface area contributed by atoms with Gasteiger partial charge in [-0.1, -0.05) is 0 Å². The predicted molar refractivity (Wildman–Crippen MR) is 59.8 cm³/mol. The van der Waals surface area contributed by atoms with Crippen molar-refractivity contribution in [3.63, 3.8) is 0 Å². The van der Waals surface area contributed by atoms with Gasteiger partial charge in [0.2, 0.25) is 0 Å². The lowest BCUT2D eigenvalue weighted by Gasteiger charge is -2.07. The minimum Gasteiger partial charge on any atom is -0.396 e. The van der Waals surface area contributed by atoms with E-state index in [0.29, 0.717) is 18.7 Å². The van der Waals surface area contributed by atoms with Crippen LogP contribution in [0.4, 0.5) is 14.9 Å². The second-order valence-electron chi connectivity index (χ2n) is 3.26. The first-order valence-electron chi connectivity index (χ1n) is 5.02. The fourth-order valence-electron chi connectivity index (χ4n) is 1.14. The van der Waals surface area contributed by atoms with Crippen molar-refractivity contribution >= 4 is 11.7 Å². The van der Waals surface area contributed by atoms with Crippen LogP contribution in [-0.2, 0) is 0 Å². The van der Waals surface area contributed by atoms with Gasteiger partial charge in [0, 0.05) is 18.8 Å². The number of hydrogen-bond donors (Lipinski definition) is 3. The third-order valence-electron chi connectivity index (χ3n) is 1.97. The summed E-state index contributed by atoms with van der Waals surface area (Å²) >= 11 is 0. The topological polar surface area (TPSA) is 85.2 Å². The van der Waals surface area contributed by atoms with Crippen molar-refractivity contribution in [1.82, 2.24) is 5.32 Å². The van der Waals surface area contributed by atoms with Crippen molar-refractivity contribution in [3.8, 4) is 6.07 Å². The van der Waals surface area contributed by atoms with Crippen molar-refractivity contribution < 1.29 is 14.3 Å². The van der Waals surface area contributed by atoms with Crippen LogP contribution in [0.5, 0.6) is 0 Å². The fourth-order valence-corrected chi connectivity index (χ4v) is 1.14. The number of rotatable bonds is 4. The summed E-state index contributed by atoms with van der Waals surface area (Å²) in [5.41, 5.74) is 0.211. The molecule has 3 N–H and O–H groups in total. The Morgan fingerprint density at radius 3 is 2.94 bits per heavy atom. The second kappa shape index (κ2) is 6.45. The number of aliphatic hydroxyl groups excluding tert-OH is 1. The number of carbonyl (C=O) groups excluding carboxylic acids is 1. The molecule has 0 fully saturated rings. The molecule has 0 atom stereocenters. The van der Waals surface area contributed by atoms with Gasteiger partial charge < -0.3 is 15.7 Å². The molecule has 6 heteroatoms. The Kier molecular flexibility index (Phi) is 4.91. The molecule has 2 amide bonds. The van der Waals surface area contributed by atoms with Crippen LogP contribution in [0.3, 0.4) is 0 Å². The third-order valence-corrected chi connectivity index (χ3v) is 1.97. The zero-order valence-electron chi connectivity index (χ0n) is 9.03. The van der Waals surface area contributed by atoms with E-state index in [1.165, 1.54) is 12.1 Å². The molecule has 0 bridgehead atoms. The lowest BCUT2D eigenvalue weighted by molar-refractivity contribution is 0.249. The number of nitrogens with one attached hydrogen (secondary N) is 2. The first-order valence-corrected chi connectivity index (χ1v) is 5.02. The van der Waals surface area contributed by atoms with E-state index in [2.05, 4.69) is 10.6 Å². The standard InChI is InChI=1S/C11H12FN3O2/c12-10-3-2-9(6-8(10)7-13)15-11(17)14-4-1-5-16/h2-3,6,16H,1,4-5H2,(H2,14,15,17). The molecule has 0 aliphatic rings. The normalized spacial score (nSPS) is 9.47. The largest absolute Gasteiger partial charge is 0.396 e. The number of nitriles is 1. The van der Waals surface area contributed by atoms with Crippen LogP contribution >= 0.6 is 0 Å². The summed E-state index contributed by atoms with van der Waals surface area (Å²) < 4.78 is 13.0. The van der Waals surface area contributed by atoms with Crippen molar-refractivity contribution in [2.45, 2.75) is 6.42 Å². The van der Waals surface area contributed by atoms with Gasteiger partial charge in [-0.15, -0.1) is 0 Å². The van der Waals surface area contributed by atoms with E-state index in [1.54, 1.807) is 6.07 Å². The highest BCUT2D eigenvalue weighted by atomic mass is 19.1. The van der Waals surface area contributed by atoms with E-state index in [-0.39, 0.29) is 12.2 Å². The summed E-state index contributed by atoms with van der Waals surface area (Å²) in [5, 5.41) is 22.1. The highest BCUT2D eigenvalue weighted by molar-refractivity contribution is 5.89. The zero-order valence-corrected chi connectivity index (χ0v) is 9.03. The van der Waals surface area contributed by atoms with Crippen LogP contribution in [-0.4, -0.2) is 24.3 Å². The summed E-state index contributed by atoms with van der Waals surface area (Å²) in [4.78, 5) is 11.3. The average molecular weight is 237 g/mol. The zero-order chi connectivity index (χ0) is 12.7. The lowest BCUT2D eigenvalue weighted by atomic mass is 10.2. The van der Waals surface area contributed by atoms with Gasteiger partial charge in [-0.2, -0.15) is 5.26 Å². The average Bonchev–Trinajstić information content (AvgIpc) is 2.32. The van der Waals surface area contributed by atoms with Crippen molar-refractivity contribution in [2.24, 2.45) is 0 Å². The van der Waals surface area contributed by atoms with Gasteiger partial charge in [0.05, 0.1) is 5.56 Å². The van der Waals surface area contributed by atoms with Crippen molar-refractivity contribution in [3.05, 3.63) is 29.6 Å². The van der Waals surface area contributed by atoms with Crippen LogP contribution in [0.1, 0.15) is 12.0 Å². The number of aliphatic hydroxyl groups is 1. The summed E-state index contributed by atoms with van der Waals surface area (Å²) in [6, 6.07) is 4.94. The first-order chi connectivity index (χ1) is 8.17. The Hall–Kier alpha value is -2.13. The molecule has 1 rings (SSSR count). The Bertz CT molecular complexity index is 443. The van der Waals surface area contributed by atoms with Gasteiger partial charge in [-0.25, -0.2) is 9.18 Å². The number of benzene rings is 1. The molecule has 0 aliphatic heterocycles. The molecule has 0 aliphatic carbocycles. The third kappa shape index (κ3) is 4.09. The van der Waals surface area contributed by atoms with E-state index in [9.17, 15) is 9.18 Å². The quantitative estimate of drug-likeness (QED) is 0.688. The maximum absolute atomic E-state index is 13.0. The summed E-state index contributed by atoms with van der Waals surface area (Å²) in [6.07, 6.45) is 0.459. The summed E-state index contributed by atoms with van der Waals surface area (Å²) in [6.45, 7) is 0.337. The van der Waals surface area contributed by atoms with Crippen LogP contribution in [0.25, 0.3) is 0 Å². The van der Waals surface area contributed by atoms with Gasteiger partial charge in [0.1, 0.15) is 11.9 Å². The summed E-state index contributed by atoms with van der Waals surface area (Å²) in [5.74, 6) is -0.626. The highest BCUT2D eigenvalue weighted by Crippen LogP contribution is 2.13. The van der Waals surface area contributed by atoms with Gasteiger partial charge in [-0.3, -0.25) is 0 Å². The Morgan fingerprint density at radius 1 is 1.53 bits per heavy atom. The molecule has 5 nitrogen and oxygen atoms in total. The number of amides is 2. The van der Waals surface area contributed by atoms with Crippen LogP contribution in [0.2, 0.25) is 0 Å². The first kappa shape index (κ1) is 12.9. The molecule has 17 heavy (non-hydrogen) atoms. The fraction of sp³-hybridized carbons (Fsp3) is 0.273. The number of carbonyl (C=O) groups is 1. The van der Waals surface area contributed by atoms with E-state index < -0.39 is 11.8 Å². The van der Waals surface area contributed by atoms with Crippen LogP contribution in [0, 0.1) is 17.1 Å². The van der Waals surface area contributed by atoms with Crippen molar-refractivity contribution in [2.75, 3.05) is 18.5 Å². The Balaban J connectivity index is 2.57. The van der Waals surface area contributed by atoms with Crippen LogP contribution in [0.15, 0.2) is 18.2 Å². The second-order valence-corrected chi connectivity index (χ2v) is 3.26. The van der Waals surface area contributed by atoms with Crippen LogP contribution < -0.4 is 10.6 Å². The maximum Gasteiger partial charge on any atom is 0.319 e. The SMILES string of the molecule is N#Cc1cc(NC(=O)NCCCO)ccc1F. The van der Waals surface area contributed by atoms with E-state index in [0.717, 1.165) is 6.07 Å². The molecule has 1 aromatic rings. The summed E-state index contributed by atoms with van der Waals surface area (Å²) in [7, 11) is 0. The van der Waals surface area contributed by atoms with Gasteiger partial charge in [-0.05, 0) is 24.6 Å². The number of halogens is 1. The Labute approximate surface area is 97.9 Å².